The van der Waals surface area contributed by atoms with Crippen molar-refractivity contribution in [1.82, 2.24) is 0 Å². The van der Waals surface area contributed by atoms with Gasteiger partial charge in [0.15, 0.2) is 6.10 Å². The van der Waals surface area contributed by atoms with Gasteiger partial charge in [-0.15, -0.1) is 0 Å². The average Bonchev–Trinajstić information content (AvgIpc) is 2.65. The van der Waals surface area contributed by atoms with Crippen LogP contribution in [0.5, 0.6) is 0 Å². The van der Waals surface area contributed by atoms with Gasteiger partial charge in [-0.25, -0.2) is 0 Å². The lowest BCUT2D eigenvalue weighted by Crippen LogP contribution is -2.39. The van der Waals surface area contributed by atoms with Crippen molar-refractivity contribution < 1.29 is 14.3 Å². The number of carbonyl (C=O) groups is 1. The van der Waals surface area contributed by atoms with Crippen LogP contribution in [0.2, 0.25) is 0 Å². The van der Waals surface area contributed by atoms with Crippen LogP contribution in [0.4, 0.5) is 11.4 Å². The molecule has 2 N–H and O–H groups in total. The largest absolute Gasteiger partial charge is 0.385 e. The number of nitrogens with one attached hydrogen (secondary N) is 2. The zero-order chi connectivity index (χ0) is 16.6. The molecule has 1 saturated heterocycles. The van der Waals surface area contributed by atoms with Crippen LogP contribution in [0.1, 0.15) is 5.56 Å². The predicted octanol–water partition coefficient (Wildman–Crippen LogP) is 2.70. The second-order valence-corrected chi connectivity index (χ2v) is 5.66. The van der Waals surface area contributed by atoms with Crippen LogP contribution in [0.25, 0.3) is 0 Å². The highest BCUT2D eigenvalue weighted by molar-refractivity contribution is 5.94. The molecule has 5 nitrogen and oxygen atoms in total. The molecular formula is C19H22N2O3. The molecule has 0 aliphatic carbocycles. The Bertz CT molecular complexity index is 637. The van der Waals surface area contributed by atoms with E-state index in [4.69, 9.17) is 9.47 Å². The molecule has 5 heteroatoms. The molecular weight excluding hydrogens is 304 g/mol. The Kier molecular flexibility index (Phi) is 5.82. The Morgan fingerprint density at radius 3 is 2.46 bits per heavy atom. The summed E-state index contributed by atoms with van der Waals surface area (Å²) in [5.41, 5.74) is 3.09. The second-order valence-electron chi connectivity index (χ2n) is 5.66. The fraction of sp³-hybridized carbons (Fsp3) is 0.316. The lowest BCUT2D eigenvalue weighted by Gasteiger charge is -2.22. The molecule has 1 atom stereocenters. The fourth-order valence-corrected chi connectivity index (χ4v) is 2.53. The number of rotatable bonds is 6. The number of ether oxygens (including phenoxy) is 2. The Balaban J connectivity index is 1.45. The summed E-state index contributed by atoms with van der Waals surface area (Å²) in [6.45, 7) is 2.18. The highest BCUT2D eigenvalue weighted by Gasteiger charge is 2.22. The second kappa shape index (κ2) is 8.47. The summed E-state index contributed by atoms with van der Waals surface area (Å²) in [7, 11) is 0. The number of anilines is 2. The van der Waals surface area contributed by atoms with Crippen molar-refractivity contribution in [1.29, 1.82) is 0 Å². The number of amides is 1. The molecule has 1 fully saturated rings. The van der Waals surface area contributed by atoms with Crippen LogP contribution in [0, 0.1) is 0 Å². The maximum atomic E-state index is 12.0. The molecule has 24 heavy (non-hydrogen) atoms. The lowest BCUT2D eigenvalue weighted by molar-refractivity contribution is -0.142. The molecule has 0 saturated carbocycles. The van der Waals surface area contributed by atoms with E-state index in [2.05, 4.69) is 22.8 Å². The molecule has 0 radical (unpaired) electrons. The van der Waals surface area contributed by atoms with E-state index >= 15 is 0 Å². The van der Waals surface area contributed by atoms with E-state index in [0.29, 0.717) is 19.8 Å². The van der Waals surface area contributed by atoms with Crippen molar-refractivity contribution >= 4 is 17.3 Å². The summed E-state index contributed by atoms with van der Waals surface area (Å²) < 4.78 is 10.6. The highest BCUT2D eigenvalue weighted by Crippen LogP contribution is 2.15. The van der Waals surface area contributed by atoms with Crippen molar-refractivity contribution in [3.8, 4) is 0 Å². The van der Waals surface area contributed by atoms with E-state index in [-0.39, 0.29) is 5.91 Å². The van der Waals surface area contributed by atoms with Crippen LogP contribution in [-0.4, -0.2) is 38.4 Å². The van der Waals surface area contributed by atoms with Crippen molar-refractivity contribution in [2.24, 2.45) is 0 Å². The Morgan fingerprint density at radius 2 is 1.75 bits per heavy atom. The smallest absolute Gasteiger partial charge is 0.255 e. The summed E-state index contributed by atoms with van der Waals surface area (Å²) >= 11 is 0. The van der Waals surface area contributed by atoms with Gasteiger partial charge in [-0.1, -0.05) is 30.3 Å². The molecule has 0 bridgehead atoms. The third-order valence-corrected chi connectivity index (χ3v) is 3.85. The first-order valence-electron chi connectivity index (χ1n) is 8.19. The Hall–Kier alpha value is -2.37. The van der Waals surface area contributed by atoms with E-state index < -0.39 is 6.10 Å². The Morgan fingerprint density at radius 1 is 1.00 bits per heavy atom. The third-order valence-electron chi connectivity index (χ3n) is 3.85. The minimum Gasteiger partial charge on any atom is -0.385 e. The van der Waals surface area contributed by atoms with Crippen LogP contribution in [0.15, 0.2) is 54.6 Å². The van der Waals surface area contributed by atoms with Crippen LogP contribution in [0.3, 0.4) is 0 Å². The minimum absolute atomic E-state index is 0.167. The number of hydrogen-bond donors (Lipinski definition) is 2. The first kappa shape index (κ1) is 16.5. The number of hydrogen-bond acceptors (Lipinski definition) is 4. The SMILES string of the molecule is O=C(Nc1ccc(NCCc2ccccc2)cc1)C1COCCO1. The van der Waals surface area contributed by atoms with Gasteiger partial charge >= 0.3 is 0 Å². The summed E-state index contributed by atoms with van der Waals surface area (Å²) in [5, 5.41) is 6.23. The van der Waals surface area contributed by atoms with Gasteiger partial charge in [0, 0.05) is 17.9 Å². The summed E-state index contributed by atoms with van der Waals surface area (Å²) in [4.78, 5) is 12.0. The van der Waals surface area contributed by atoms with Gasteiger partial charge in [0.2, 0.25) is 0 Å². The first-order chi connectivity index (χ1) is 11.8. The van der Waals surface area contributed by atoms with Gasteiger partial charge in [-0.2, -0.15) is 0 Å². The van der Waals surface area contributed by atoms with Gasteiger partial charge in [0.25, 0.3) is 5.91 Å². The van der Waals surface area contributed by atoms with Crippen LogP contribution in [-0.2, 0) is 20.7 Å². The zero-order valence-electron chi connectivity index (χ0n) is 13.5. The molecule has 3 rings (SSSR count). The standard InChI is InChI=1S/C19H22N2O3/c22-19(18-14-23-12-13-24-18)21-17-8-6-16(7-9-17)20-11-10-15-4-2-1-3-5-15/h1-9,18,20H,10-14H2,(H,21,22). The maximum Gasteiger partial charge on any atom is 0.255 e. The molecule has 0 spiro atoms. The van der Waals surface area contributed by atoms with Gasteiger partial charge in [0.1, 0.15) is 0 Å². The zero-order valence-corrected chi connectivity index (χ0v) is 13.5. The van der Waals surface area contributed by atoms with Gasteiger partial charge in [-0.3, -0.25) is 4.79 Å². The quantitative estimate of drug-likeness (QED) is 0.857. The summed E-state index contributed by atoms with van der Waals surface area (Å²) in [6.07, 6.45) is 0.445. The van der Waals surface area contributed by atoms with Crippen molar-refractivity contribution in [2.45, 2.75) is 12.5 Å². The highest BCUT2D eigenvalue weighted by atomic mass is 16.6. The number of carbonyl (C=O) groups excluding carboxylic acids is 1. The van der Waals surface area contributed by atoms with Crippen molar-refractivity contribution in [2.75, 3.05) is 37.0 Å². The van der Waals surface area contributed by atoms with E-state index in [1.54, 1.807) is 0 Å². The first-order valence-corrected chi connectivity index (χ1v) is 8.19. The summed E-state index contributed by atoms with van der Waals surface area (Å²) in [6, 6.07) is 18.0. The minimum atomic E-state index is -0.526. The third kappa shape index (κ3) is 4.81. The van der Waals surface area contributed by atoms with Crippen LogP contribution >= 0.6 is 0 Å². The van der Waals surface area contributed by atoms with Gasteiger partial charge in [0.05, 0.1) is 19.8 Å². The maximum absolute atomic E-state index is 12.0. The van der Waals surface area contributed by atoms with E-state index in [0.717, 1.165) is 24.3 Å². The molecule has 0 aromatic heterocycles. The molecule has 1 unspecified atom stereocenters. The van der Waals surface area contributed by atoms with Crippen molar-refractivity contribution in [3.05, 3.63) is 60.2 Å². The van der Waals surface area contributed by atoms with Gasteiger partial charge < -0.3 is 20.1 Å². The van der Waals surface area contributed by atoms with Gasteiger partial charge in [-0.05, 0) is 36.2 Å². The molecule has 126 valence electrons. The fourth-order valence-electron chi connectivity index (χ4n) is 2.53. The number of benzene rings is 2. The van der Waals surface area contributed by atoms with Crippen LogP contribution < -0.4 is 10.6 Å². The molecule has 1 aliphatic heterocycles. The lowest BCUT2D eigenvalue weighted by atomic mass is 10.1. The Labute approximate surface area is 142 Å². The molecule has 1 heterocycles. The van der Waals surface area contributed by atoms with E-state index in [1.165, 1.54) is 5.56 Å². The normalized spacial score (nSPS) is 17.2. The topological polar surface area (TPSA) is 59.6 Å². The predicted molar refractivity (Wildman–Crippen MR) is 94.3 cm³/mol. The molecule has 1 aliphatic rings. The van der Waals surface area contributed by atoms with E-state index in [9.17, 15) is 4.79 Å². The van der Waals surface area contributed by atoms with Crippen molar-refractivity contribution in [3.63, 3.8) is 0 Å². The average molecular weight is 326 g/mol. The molecule has 2 aromatic carbocycles. The summed E-state index contributed by atoms with van der Waals surface area (Å²) in [5.74, 6) is -0.167. The molecule has 1 amide bonds. The molecule has 2 aromatic rings. The van der Waals surface area contributed by atoms with E-state index in [1.807, 2.05) is 42.5 Å². The monoisotopic (exact) mass is 326 g/mol.